The molecule has 8 heteroatoms. The van der Waals surface area contributed by atoms with E-state index in [-0.39, 0.29) is 5.25 Å². The molecule has 28 heavy (non-hydrogen) atoms. The van der Waals surface area contributed by atoms with Gasteiger partial charge in [-0.2, -0.15) is 4.98 Å². The molecule has 0 amide bonds. The summed E-state index contributed by atoms with van der Waals surface area (Å²) in [6.07, 6.45) is 5.56. The van der Waals surface area contributed by atoms with Crippen LogP contribution in [0.25, 0.3) is 10.7 Å². The van der Waals surface area contributed by atoms with Gasteiger partial charge in [-0.1, -0.05) is 29.4 Å². The number of thioether (sulfide) groups is 1. The number of nitrogens with zero attached hydrogens (tertiary/aromatic N) is 5. The molecule has 0 spiro atoms. The highest BCUT2D eigenvalue weighted by molar-refractivity contribution is 7.99. The Hall–Kier alpha value is -1.67. The Morgan fingerprint density at radius 3 is 2.79 bits per heavy atom. The Labute approximate surface area is 173 Å². The molecule has 0 saturated heterocycles. The second-order valence-electron chi connectivity index (χ2n) is 8.17. The Kier molecular flexibility index (Phi) is 4.79. The molecular weight excluding hydrogens is 390 g/mol. The Balaban J connectivity index is 1.48. The maximum absolute atomic E-state index is 5.38. The minimum atomic E-state index is 0.0348. The molecule has 6 nitrogen and oxygen atoms in total. The van der Waals surface area contributed by atoms with Crippen molar-refractivity contribution in [1.82, 2.24) is 24.9 Å². The van der Waals surface area contributed by atoms with Gasteiger partial charge < -0.3 is 4.52 Å². The zero-order valence-electron chi connectivity index (χ0n) is 16.4. The first-order valence-corrected chi connectivity index (χ1v) is 11.8. The first-order chi connectivity index (χ1) is 13.6. The van der Waals surface area contributed by atoms with Crippen LogP contribution in [0.15, 0.2) is 27.2 Å². The molecule has 3 aromatic rings. The van der Waals surface area contributed by atoms with Crippen LogP contribution in [-0.4, -0.2) is 24.9 Å². The highest BCUT2D eigenvalue weighted by Gasteiger charge is 2.43. The molecule has 2 bridgehead atoms. The van der Waals surface area contributed by atoms with E-state index in [2.05, 4.69) is 56.3 Å². The van der Waals surface area contributed by atoms with E-state index in [1.54, 1.807) is 23.1 Å². The Morgan fingerprint density at radius 1 is 1.25 bits per heavy atom. The third-order valence-corrected chi connectivity index (χ3v) is 8.31. The minimum absolute atomic E-state index is 0.0348. The number of hydrogen-bond acceptors (Lipinski definition) is 7. The number of thiophene rings is 1. The molecule has 5 atom stereocenters. The predicted octanol–water partition coefficient (Wildman–Crippen LogP) is 5.55. The van der Waals surface area contributed by atoms with Gasteiger partial charge in [0, 0.05) is 6.04 Å². The third kappa shape index (κ3) is 3.20. The van der Waals surface area contributed by atoms with Gasteiger partial charge in [-0.15, -0.1) is 21.5 Å². The van der Waals surface area contributed by atoms with Crippen LogP contribution in [0, 0.1) is 24.7 Å². The van der Waals surface area contributed by atoms with Gasteiger partial charge in [-0.05, 0) is 69.2 Å². The monoisotopic (exact) mass is 415 g/mol. The highest BCUT2D eigenvalue weighted by atomic mass is 32.2. The first-order valence-electron chi connectivity index (χ1n) is 10.1. The highest BCUT2D eigenvalue weighted by Crippen LogP contribution is 2.53. The van der Waals surface area contributed by atoms with Crippen LogP contribution in [0.4, 0.5) is 0 Å². The maximum Gasteiger partial charge on any atom is 0.239 e. The molecule has 0 aliphatic heterocycles. The van der Waals surface area contributed by atoms with E-state index in [1.165, 1.54) is 30.6 Å². The van der Waals surface area contributed by atoms with Crippen LogP contribution in [0.3, 0.4) is 0 Å². The molecule has 3 aromatic heterocycles. The number of fused-ring (bicyclic) bond motifs is 2. The van der Waals surface area contributed by atoms with E-state index in [9.17, 15) is 0 Å². The van der Waals surface area contributed by atoms with Crippen molar-refractivity contribution in [3.8, 4) is 10.7 Å². The van der Waals surface area contributed by atoms with Crippen LogP contribution in [0.2, 0.25) is 0 Å². The summed E-state index contributed by atoms with van der Waals surface area (Å²) < 4.78 is 7.76. The number of aryl methyl sites for hydroxylation is 1. The molecule has 148 valence electrons. The smallest absolute Gasteiger partial charge is 0.239 e. The molecule has 0 radical (unpaired) electrons. The van der Waals surface area contributed by atoms with Gasteiger partial charge in [0.05, 0.1) is 10.1 Å². The summed E-state index contributed by atoms with van der Waals surface area (Å²) in [7, 11) is 0. The van der Waals surface area contributed by atoms with E-state index < -0.39 is 0 Å². The lowest BCUT2D eigenvalue weighted by atomic mass is 9.84. The van der Waals surface area contributed by atoms with Crippen LogP contribution >= 0.6 is 23.1 Å². The number of aromatic nitrogens is 5. The fourth-order valence-corrected chi connectivity index (χ4v) is 6.73. The van der Waals surface area contributed by atoms with Crippen LogP contribution in [-0.2, 0) is 0 Å². The van der Waals surface area contributed by atoms with Crippen molar-refractivity contribution in [2.75, 3.05) is 0 Å². The molecule has 0 N–H and O–H groups in total. The normalized spacial score (nSPS) is 26.0. The van der Waals surface area contributed by atoms with Gasteiger partial charge in [0.25, 0.3) is 0 Å². The lowest BCUT2D eigenvalue weighted by molar-refractivity contribution is 0.235. The lowest BCUT2D eigenvalue weighted by Gasteiger charge is -2.30. The zero-order chi connectivity index (χ0) is 19.3. The van der Waals surface area contributed by atoms with Gasteiger partial charge in [0.2, 0.25) is 5.89 Å². The van der Waals surface area contributed by atoms with Crippen molar-refractivity contribution < 1.29 is 4.52 Å². The van der Waals surface area contributed by atoms with Gasteiger partial charge in [0.1, 0.15) is 0 Å². The molecule has 5 unspecified atom stereocenters. The molecular formula is C20H25N5OS2. The van der Waals surface area contributed by atoms with Crippen molar-refractivity contribution in [3.05, 3.63) is 29.2 Å². The van der Waals surface area contributed by atoms with Crippen molar-refractivity contribution in [3.63, 3.8) is 0 Å². The average molecular weight is 416 g/mol. The van der Waals surface area contributed by atoms with Crippen LogP contribution < -0.4 is 0 Å². The summed E-state index contributed by atoms with van der Waals surface area (Å²) in [5, 5.41) is 16.2. The first kappa shape index (κ1) is 18.4. The standard InChI is InChI=1S/C20H25N5OS2/c1-11(16-10-14-6-7-15(16)9-14)25-18(17-5-4-8-27-17)22-23-20(25)28-12(2)19-21-13(3)24-26-19/h4-5,8,11-12,14-16H,6-7,9-10H2,1-3H3. The lowest BCUT2D eigenvalue weighted by Crippen LogP contribution is -2.23. The SMILES string of the molecule is Cc1noc(C(C)Sc2nnc(-c3cccs3)n2C(C)C2CC3CCC2C3)n1. The van der Waals surface area contributed by atoms with Gasteiger partial charge >= 0.3 is 0 Å². The third-order valence-electron chi connectivity index (χ3n) is 6.40. The zero-order valence-corrected chi connectivity index (χ0v) is 18.0. The Bertz CT molecular complexity index is 950. The van der Waals surface area contributed by atoms with Gasteiger partial charge in [-0.25, -0.2) is 0 Å². The fourth-order valence-electron chi connectivity index (χ4n) is 5.06. The summed E-state index contributed by atoms with van der Waals surface area (Å²) in [5.74, 6) is 4.79. The van der Waals surface area contributed by atoms with E-state index >= 15 is 0 Å². The topological polar surface area (TPSA) is 69.6 Å². The van der Waals surface area contributed by atoms with Crippen molar-refractivity contribution in [2.45, 2.75) is 62.9 Å². The molecule has 0 aromatic carbocycles. The van der Waals surface area contributed by atoms with E-state index in [0.29, 0.717) is 23.7 Å². The maximum atomic E-state index is 5.38. The summed E-state index contributed by atoms with van der Waals surface area (Å²) in [6.45, 7) is 6.29. The van der Waals surface area contributed by atoms with E-state index in [0.717, 1.165) is 22.8 Å². The molecule has 2 saturated carbocycles. The second-order valence-corrected chi connectivity index (χ2v) is 10.4. The van der Waals surface area contributed by atoms with Crippen molar-refractivity contribution >= 4 is 23.1 Å². The largest absolute Gasteiger partial charge is 0.338 e. The summed E-state index contributed by atoms with van der Waals surface area (Å²) in [6, 6.07) is 4.61. The molecule has 3 heterocycles. The van der Waals surface area contributed by atoms with Gasteiger partial charge in [-0.3, -0.25) is 4.57 Å². The second kappa shape index (κ2) is 7.30. The molecule has 2 aliphatic rings. The Morgan fingerprint density at radius 2 is 2.14 bits per heavy atom. The fraction of sp³-hybridized carbons (Fsp3) is 0.600. The van der Waals surface area contributed by atoms with Crippen LogP contribution in [0.5, 0.6) is 0 Å². The summed E-state index contributed by atoms with van der Waals surface area (Å²) >= 11 is 3.38. The summed E-state index contributed by atoms with van der Waals surface area (Å²) in [5.41, 5.74) is 0. The number of hydrogen-bond donors (Lipinski definition) is 0. The van der Waals surface area contributed by atoms with Crippen molar-refractivity contribution in [2.24, 2.45) is 17.8 Å². The summed E-state index contributed by atoms with van der Waals surface area (Å²) in [4.78, 5) is 5.57. The number of rotatable bonds is 6. The predicted molar refractivity (Wildman–Crippen MR) is 110 cm³/mol. The van der Waals surface area contributed by atoms with Gasteiger partial charge in [0.15, 0.2) is 16.8 Å². The quantitative estimate of drug-likeness (QED) is 0.492. The minimum Gasteiger partial charge on any atom is -0.338 e. The molecule has 5 rings (SSSR count). The average Bonchev–Trinajstić information content (AvgIpc) is 3.48. The molecule has 2 fully saturated rings. The van der Waals surface area contributed by atoms with E-state index in [1.807, 2.05) is 6.92 Å². The van der Waals surface area contributed by atoms with Crippen molar-refractivity contribution in [1.29, 1.82) is 0 Å². The molecule has 2 aliphatic carbocycles. The van der Waals surface area contributed by atoms with Crippen LogP contribution in [0.1, 0.15) is 62.5 Å². The van der Waals surface area contributed by atoms with E-state index in [4.69, 9.17) is 4.52 Å².